The summed E-state index contributed by atoms with van der Waals surface area (Å²) in [7, 11) is 0. The molecule has 0 spiro atoms. The zero-order valence-corrected chi connectivity index (χ0v) is 11.0. The van der Waals surface area contributed by atoms with Crippen LogP contribution in [0.3, 0.4) is 0 Å². The van der Waals surface area contributed by atoms with Gasteiger partial charge in [0.15, 0.2) is 12.0 Å². The van der Waals surface area contributed by atoms with Crippen LogP contribution in [0.2, 0.25) is 0 Å². The highest BCUT2D eigenvalue weighted by Gasteiger charge is 2.22. The van der Waals surface area contributed by atoms with E-state index in [2.05, 4.69) is 21.5 Å². The number of rotatable bonds is 3. The number of aromatic amines is 1. The second-order valence-electron chi connectivity index (χ2n) is 5.01. The standard InChI is InChI=1S/C14H15N5O/c15-9-19-6-5-10(8-19)7-16-14(20)13-17-11-3-1-2-4-12(11)18-13/h1-4,10H,5-8H2,(H,16,20)(H,17,18). The molecule has 3 rings (SSSR count). The van der Waals surface area contributed by atoms with Crippen molar-refractivity contribution in [2.45, 2.75) is 6.42 Å². The molecule has 1 atom stereocenters. The molecule has 2 N–H and O–H groups in total. The lowest BCUT2D eigenvalue weighted by atomic mass is 10.1. The van der Waals surface area contributed by atoms with Gasteiger partial charge in [0.05, 0.1) is 11.0 Å². The van der Waals surface area contributed by atoms with Crippen molar-refractivity contribution in [3.63, 3.8) is 0 Å². The van der Waals surface area contributed by atoms with Crippen LogP contribution < -0.4 is 5.32 Å². The summed E-state index contributed by atoms with van der Waals surface area (Å²) in [5.74, 6) is 0.473. The number of nitrogens with zero attached hydrogens (tertiary/aromatic N) is 3. The fraction of sp³-hybridized carbons (Fsp3) is 0.357. The first-order valence-corrected chi connectivity index (χ1v) is 6.64. The van der Waals surface area contributed by atoms with Crippen molar-refractivity contribution >= 4 is 16.9 Å². The Balaban J connectivity index is 1.61. The Labute approximate surface area is 116 Å². The molecule has 1 saturated heterocycles. The van der Waals surface area contributed by atoms with Gasteiger partial charge in [0.2, 0.25) is 0 Å². The number of H-pyrrole nitrogens is 1. The van der Waals surface area contributed by atoms with Crippen molar-refractivity contribution in [2.75, 3.05) is 19.6 Å². The number of carbonyl (C=O) groups is 1. The third-order valence-electron chi connectivity index (χ3n) is 3.58. The Morgan fingerprint density at radius 2 is 2.40 bits per heavy atom. The van der Waals surface area contributed by atoms with Gasteiger partial charge in [0, 0.05) is 19.6 Å². The minimum atomic E-state index is -0.198. The number of carbonyl (C=O) groups excluding carboxylic acids is 1. The average molecular weight is 269 g/mol. The second-order valence-corrected chi connectivity index (χ2v) is 5.01. The van der Waals surface area contributed by atoms with Crippen molar-refractivity contribution in [3.05, 3.63) is 30.1 Å². The maximum atomic E-state index is 12.0. The molecule has 1 aliphatic heterocycles. The first-order chi connectivity index (χ1) is 9.76. The Morgan fingerprint density at radius 1 is 1.55 bits per heavy atom. The van der Waals surface area contributed by atoms with Gasteiger partial charge < -0.3 is 15.2 Å². The van der Waals surface area contributed by atoms with Crippen LogP contribution in [0.5, 0.6) is 0 Å². The average Bonchev–Trinajstić information content (AvgIpc) is 3.10. The number of likely N-dealkylation sites (tertiary alicyclic amines) is 1. The van der Waals surface area contributed by atoms with Gasteiger partial charge in [-0.3, -0.25) is 4.79 Å². The molecule has 1 amide bonds. The molecule has 1 aromatic carbocycles. The molecule has 0 bridgehead atoms. The van der Waals surface area contributed by atoms with Gasteiger partial charge in [-0.1, -0.05) is 12.1 Å². The maximum absolute atomic E-state index is 12.0. The normalized spacial score (nSPS) is 18.1. The lowest BCUT2D eigenvalue weighted by Gasteiger charge is -2.10. The Kier molecular flexibility index (Phi) is 3.25. The summed E-state index contributed by atoms with van der Waals surface area (Å²) in [5.41, 5.74) is 1.64. The summed E-state index contributed by atoms with van der Waals surface area (Å²) in [6.45, 7) is 2.08. The number of fused-ring (bicyclic) bond motifs is 1. The molecule has 20 heavy (non-hydrogen) atoms. The smallest absolute Gasteiger partial charge is 0.287 e. The van der Waals surface area contributed by atoms with E-state index < -0.39 is 0 Å². The molecular weight excluding hydrogens is 254 g/mol. The zero-order chi connectivity index (χ0) is 13.9. The number of nitriles is 1. The van der Waals surface area contributed by atoms with Crippen LogP contribution in [-0.4, -0.2) is 40.4 Å². The number of hydrogen-bond acceptors (Lipinski definition) is 4. The third-order valence-corrected chi connectivity index (χ3v) is 3.58. The van der Waals surface area contributed by atoms with Crippen LogP contribution in [-0.2, 0) is 0 Å². The molecule has 1 unspecified atom stereocenters. The highest BCUT2D eigenvalue weighted by molar-refractivity contribution is 5.94. The van der Waals surface area contributed by atoms with Crippen LogP contribution in [0.1, 0.15) is 17.0 Å². The largest absolute Gasteiger partial charge is 0.349 e. The zero-order valence-electron chi connectivity index (χ0n) is 11.0. The molecule has 102 valence electrons. The molecule has 2 aromatic rings. The lowest BCUT2D eigenvalue weighted by Crippen LogP contribution is -2.31. The fourth-order valence-corrected chi connectivity index (χ4v) is 2.47. The Bertz CT molecular complexity index is 638. The van der Waals surface area contributed by atoms with E-state index in [0.717, 1.165) is 30.5 Å². The molecule has 0 aliphatic carbocycles. The van der Waals surface area contributed by atoms with Crippen LogP contribution in [0.25, 0.3) is 11.0 Å². The molecule has 2 heterocycles. The van der Waals surface area contributed by atoms with E-state index in [9.17, 15) is 4.79 Å². The third kappa shape index (κ3) is 2.43. The predicted octanol–water partition coefficient (Wildman–Crippen LogP) is 1.10. The minimum absolute atomic E-state index is 0.198. The first kappa shape index (κ1) is 12.5. The van der Waals surface area contributed by atoms with Gasteiger partial charge in [0.1, 0.15) is 0 Å². The van der Waals surface area contributed by atoms with Crippen molar-refractivity contribution in [2.24, 2.45) is 5.92 Å². The van der Waals surface area contributed by atoms with Crippen molar-refractivity contribution in [1.29, 1.82) is 5.26 Å². The SMILES string of the molecule is N#CN1CCC(CNC(=O)c2nc3ccccc3[nH]2)C1. The van der Waals surface area contributed by atoms with Gasteiger partial charge in [-0.05, 0) is 24.5 Å². The van der Waals surface area contributed by atoms with E-state index in [4.69, 9.17) is 5.26 Å². The van der Waals surface area contributed by atoms with Gasteiger partial charge in [-0.25, -0.2) is 4.98 Å². The maximum Gasteiger partial charge on any atom is 0.287 e. The number of aromatic nitrogens is 2. The Hall–Kier alpha value is -2.55. The monoisotopic (exact) mass is 269 g/mol. The summed E-state index contributed by atoms with van der Waals surface area (Å²) in [6, 6.07) is 7.54. The molecule has 0 radical (unpaired) electrons. The van der Waals surface area contributed by atoms with Crippen molar-refractivity contribution < 1.29 is 4.79 Å². The number of para-hydroxylation sites is 2. The van der Waals surface area contributed by atoms with E-state index in [1.54, 1.807) is 4.90 Å². The summed E-state index contributed by atoms with van der Waals surface area (Å²) in [6.07, 6.45) is 3.07. The number of amides is 1. The number of imidazole rings is 1. The van der Waals surface area contributed by atoms with Gasteiger partial charge in [0.25, 0.3) is 5.91 Å². The molecule has 1 aliphatic rings. The summed E-state index contributed by atoms with van der Waals surface area (Å²) >= 11 is 0. The molecule has 1 aromatic heterocycles. The number of benzene rings is 1. The van der Waals surface area contributed by atoms with Gasteiger partial charge in [-0.15, -0.1) is 0 Å². The van der Waals surface area contributed by atoms with Crippen molar-refractivity contribution in [1.82, 2.24) is 20.2 Å². The molecule has 0 saturated carbocycles. The van der Waals surface area contributed by atoms with Crippen LogP contribution in [0.4, 0.5) is 0 Å². The van der Waals surface area contributed by atoms with E-state index >= 15 is 0 Å². The predicted molar refractivity (Wildman–Crippen MR) is 73.7 cm³/mol. The summed E-state index contributed by atoms with van der Waals surface area (Å²) in [4.78, 5) is 21.0. The van der Waals surface area contributed by atoms with E-state index in [1.807, 2.05) is 24.3 Å². The van der Waals surface area contributed by atoms with Crippen molar-refractivity contribution in [3.8, 4) is 6.19 Å². The van der Waals surface area contributed by atoms with E-state index in [1.165, 1.54) is 0 Å². The highest BCUT2D eigenvalue weighted by Crippen LogP contribution is 2.14. The highest BCUT2D eigenvalue weighted by atomic mass is 16.2. The van der Waals surface area contributed by atoms with E-state index in [0.29, 0.717) is 18.3 Å². The topological polar surface area (TPSA) is 84.8 Å². The van der Waals surface area contributed by atoms with Gasteiger partial charge >= 0.3 is 0 Å². The van der Waals surface area contributed by atoms with E-state index in [-0.39, 0.29) is 5.91 Å². The van der Waals surface area contributed by atoms with Crippen LogP contribution in [0, 0.1) is 17.4 Å². The molecule has 1 fully saturated rings. The fourth-order valence-electron chi connectivity index (χ4n) is 2.47. The molecular formula is C14H15N5O. The second kappa shape index (κ2) is 5.21. The summed E-state index contributed by atoms with van der Waals surface area (Å²) in [5, 5.41) is 11.7. The first-order valence-electron chi connectivity index (χ1n) is 6.64. The van der Waals surface area contributed by atoms with Crippen LogP contribution in [0.15, 0.2) is 24.3 Å². The minimum Gasteiger partial charge on any atom is -0.349 e. The number of nitrogens with one attached hydrogen (secondary N) is 2. The molecule has 6 heteroatoms. The summed E-state index contributed by atoms with van der Waals surface area (Å²) < 4.78 is 0. The number of hydrogen-bond donors (Lipinski definition) is 2. The van der Waals surface area contributed by atoms with Crippen LogP contribution >= 0.6 is 0 Å². The lowest BCUT2D eigenvalue weighted by molar-refractivity contribution is 0.0938. The quantitative estimate of drug-likeness (QED) is 0.817. The molecule has 6 nitrogen and oxygen atoms in total. The Morgan fingerprint density at radius 3 is 3.15 bits per heavy atom. The van der Waals surface area contributed by atoms with Gasteiger partial charge in [-0.2, -0.15) is 5.26 Å².